The second kappa shape index (κ2) is 5.50. The number of nitrogens with zero attached hydrogens (tertiary/aromatic N) is 3. The molecule has 0 aliphatic heterocycles. The highest BCUT2D eigenvalue weighted by molar-refractivity contribution is 7.12. The van der Waals surface area contributed by atoms with Crippen molar-refractivity contribution in [1.29, 1.82) is 0 Å². The summed E-state index contributed by atoms with van der Waals surface area (Å²) in [7, 11) is 0. The Morgan fingerprint density at radius 2 is 2.32 bits per heavy atom. The van der Waals surface area contributed by atoms with Crippen molar-refractivity contribution in [1.82, 2.24) is 20.1 Å². The summed E-state index contributed by atoms with van der Waals surface area (Å²) in [5.41, 5.74) is 0. The highest BCUT2D eigenvalue weighted by Crippen LogP contribution is 2.49. The third-order valence-electron chi connectivity index (χ3n) is 4.49. The van der Waals surface area contributed by atoms with Gasteiger partial charge in [0.15, 0.2) is 0 Å². The van der Waals surface area contributed by atoms with Crippen LogP contribution in [0, 0.1) is 12.8 Å². The van der Waals surface area contributed by atoms with E-state index in [0.717, 1.165) is 18.7 Å². The van der Waals surface area contributed by atoms with Gasteiger partial charge in [-0.3, -0.25) is 4.79 Å². The molecule has 4 rings (SSSR count). The number of amides is 1. The van der Waals surface area contributed by atoms with Crippen molar-refractivity contribution in [2.45, 2.75) is 44.6 Å². The summed E-state index contributed by atoms with van der Waals surface area (Å²) in [6.07, 6.45) is 6.01. The van der Waals surface area contributed by atoms with E-state index in [2.05, 4.69) is 39.1 Å². The molecule has 1 amide bonds. The van der Waals surface area contributed by atoms with Gasteiger partial charge in [-0.1, -0.05) is 0 Å². The molecule has 2 atom stereocenters. The molecule has 22 heavy (non-hydrogen) atoms. The number of carbonyl (C=O) groups excluding carboxylic acids is 1. The van der Waals surface area contributed by atoms with E-state index in [4.69, 9.17) is 0 Å². The molecule has 0 saturated heterocycles. The number of hydrogen-bond donors (Lipinski definition) is 1. The molecule has 2 heterocycles. The molecule has 116 valence electrons. The zero-order chi connectivity index (χ0) is 15.1. The molecule has 2 fully saturated rings. The second-order valence-corrected chi connectivity index (χ2v) is 7.64. The highest BCUT2D eigenvalue weighted by atomic mass is 32.1. The van der Waals surface area contributed by atoms with Gasteiger partial charge in [0.1, 0.15) is 12.2 Å². The number of rotatable bonds is 6. The van der Waals surface area contributed by atoms with Gasteiger partial charge in [-0.15, -0.1) is 21.5 Å². The minimum atomic E-state index is 0.166. The predicted molar refractivity (Wildman–Crippen MR) is 84.9 cm³/mol. The summed E-state index contributed by atoms with van der Waals surface area (Å²) < 4.78 is 2.15. The first-order valence-corrected chi connectivity index (χ1v) is 8.76. The lowest BCUT2D eigenvalue weighted by Crippen LogP contribution is -2.28. The largest absolute Gasteiger partial charge is 0.355 e. The first-order valence-electron chi connectivity index (χ1n) is 7.95. The van der Waals surface area contributed by atoms with Crippen LogP contribution in [0.3, 0.4) is 0 Å². The van der Waals surface area contributed by atoms with E-state index in [1.807, 2.05) is 17.7 Å². The number of aromatic nitrogens is 3. The van der Waals surface area contributed by atoms with E-state index in [-0.39, 0.29) is 11.8 Å². The van der Waals surface area contributed by atoms with Crippen LogP contribution >= 0.6 is 11.3 Å². The Balaban J connectivity index is 1.26. The zero-order valence-electron chi connectivity index (χ0n) is 12.7. The first kappa shape index (κ1) is 13.9. The van der Waals surface area contributed by atoms with Gasteiger partial charge in [-0.25, -0.2) is 0 Å². The number of thiophene rings is 1. The molecule has 0 unspecified atom stereocenters. The Kier molecular flexibility index (Phi) is 3.48. The predicted octanol–water partition coefficient (Wildman–Crippen LogP) is 2.45. The van der Waals surface area contributed by atoms with Crippen LogP contribution in [-0.2, 0) is 11.2 Å². The second-order valence-electron chi connectivity index (χ2n) is 6.32. The van der Waals surface area contributed by atoms with Crippen LogP contribution in [0.2, 0.25) is 0 Å². The fraction of sp³-hybridized carbons (Fsp3) is 0.562. The molecule has 2 aromatic rings. The molecule has 6 heteroatoms. The van der Waals surface area contributed by atoms with E-state index in [1.54, 1.807) is 0 Å². The van der Waals surface area contributed by atoms with Crippen molar-refractivity contribution in [3.05, 3.63) is 34.0 Å². The SMILES string of the molecule is Cc1ccc([C@H]2C[C@H]2C(=O)NCCc2nncn2C2CC2)s1. The molecule has 0 radical (unpaired) electrons. The summed E-state index contributed by atoms with van der Waals surface area (Å²) in [4.78, 5) is 14.9. The minimum absolute atomic E-state index is 0.166. The fourth-order valence-electron chi connectivity index (χ4n) is 2.98. The molecule has 1 N–H and O–H groups in total. The van der Waals surface area contributed by atoms with Crippen LogP contribution in [0.4, 0.5) is 0 Å². The third kappa shape index (κ3) is 2.79. The average molecular weight is 316 g/mol. The fourth-order valence-corrected chi connectivity index (χ4v) is 4.04. The Bertz CT molecular complexity index is 688. The molecule has 0 bridgehead atoms. The minimum Gasteiger partial charge on any atom is -0.355 e. The van der Waals surface area contributed by atoms with Gasteiger partial charge in [0, 0.05) is 40.6 Å². The van der Waals surface area contributed by atoms with Crippen LogP contribution in [0.25, 0.3) is 0 Å². The van der Waals surface area contributed by atoms with E-state index >= 15 is 0 Å². The molecule has 2 aliphatic carbocycles. The molecular formula is C16H20N4OS. The lowest BCUT2D eigenvalue weighted by atomic mass is 10.2. The van der Waals surface area contributed by atoms with Crippen molar-refractivity contribution < 1.29 is 4.79 Å². The smallest absolute Gasteiger partial charge is 0.223 e. The number of carbonyl (C=O) groups is 1. The average Bonchev–Trinajstić information content (AvgIpc) is 3.42. The number of hydrogen-bond acceptors (Lipinski definition) is 4. The van der Waals surface area contributed by atoms with E-state index in [0.29, 0.717) is 18.5 Å². The standard InChI is InChI=1S/C16H20N4OS/c1-10-2-5-14(22-10)12-8-13(12)16(21)17-7-6-15-19-18-9-20(15)11-3-4-11/h2,5,9,11-13H,3-4,6-8H2,1H3,(H,17,21)/t12-,13+/m0/s1. The van der Waals surface area contributed by atoms with Crippen molar-refractivity contribution in [2.75, 3.05) is 6.54 Å². The summed E-state index contributed by atoms with van der Waals surface area (Å²) in [5, 5.41) is 11.2. The van der Waals surface area contributed by atoms with Crippen molar-refractivity contribution in [2.24, 2.45) is 5.92 Å². The Labute approximate surface area is 133 Å². The van der Waals surface area contributed by atoms with Gasteiger partial charge >= 0.3 is 0 Å². The highest BCUT2D eigenvalue weighted by Gasteiger charge is 2.44. The monoisotopic (exact) mass is 316 g/mol. The number of nitrogens with one attached hydrogen (secondary N) is 1. The van der Waals surface area contributed by atoms with Gasteiger partial charge in [0.2, 0.25) is 5.91 Å². The van der Waals surface area contributed by atoms with Gasteiger partial charge in [-0.05, 0) is 38.3 Å². The molecule has 2 saturated carbocycles. The Morgan fingerprint density at radius 3 is 3.05 bits per heavy atom. The van der Waals surface area contributed by atoms with E-state index < -0.39 is 0 Å². The molecule has 2 aromatic heterocycles. The lowest BCUT2D eigenvalue weighted by Gasteiger charge is -2.06. The van der Waals surface area contributed by atoms with E-state index in [9.17, 15) is 4.79 Å². The lowest BCUT2D eigenvalue weighted by molar-refractivity contribution is -0.122. The van der Waals surface area contributed by atoms with Crippen LogP contribution in [-0.4, -0.2) is 27.2 Å². The van der Waals surface area contributed by atoms with Crippen molar-refractivity contribution in [3.63, 3.8) is 0 Å². The van der Waals surface area contributed by atoms with Gasteiger partial charge in [0.25, 0.3) is 0 Å². The first-order chi connectivity index (χ1) is 10.7. The maximum Gasteiger partial charge on any atom is 0.223 e. The maximum absolute atomic E-state index is 12.2. The van der Waals surface area contributed by atoms with Crippen LogP contribution in [0.5, 0.6) is 0 Å². The topological polar surface area (TPSA) is 59.8 Å². The summed E-state index contributed by atoms with van der Waals surface area (Å²) in [6, 6.07) is 4.89. The number of aryl methyl sites for hydroxylation is 1. The van der Waals surface area contributed by atoms with Crippen molar-refractivity contribution in [3.8, 4) is 0 Å². The Hall–Kier alpha value is -1.69. The molecule has 5 nitrogen and oxygen atoms in total. The van der Waals surface area contributed by atoms with Crippen molar-refractivity contribution >= 4 is 17.2 Å². The van der Waals surface area contributed by atoms with Gasteiger partial charge in [0.05, 0.1) is 0 Å². The van der Waals surface area contributed by atoms with E-state index in [1.165, 1.54) is 22.6 Å². The van der Waals surface area contributed by atoms with Crippen LogP contribution < -0.4 is 5.32 Å². The van der Waals surface area contributed by atoms with Gasteiger partial charge in [-0.2, -0.15) is 0 Å². The maximum atomic E-state index is 12.2. The summed E-state index contributed by atoms with van der Waals surface area (Å²) in [6.45, 7) is 2.76. The normalized spacial score (nSPS) is 23.5. The van der Waals surface area contributed by atoms with Gasteiger partial charge < -0.3 is 9.88 Å². The molecule has 0 spiro atoms. The van der Waals surface area contributed by atoms with Crippen LogP contribution in [0.1, 0.15) is 46.8 Å². The molecular weight excluding hydrogens is 296 g/mol. The summed E-state index contributed by atoms with van der Waals surface area (Å²) >= 11 is 1.81. The summed E-state index contributed by atoms with van der Waals surface area (Å²) in [5.74, 6) is 1.78. The Morgan fingerprint density at radius 1 is 1.45 bits per heavy atom. The molecule has 0 aromatic carbocycles. The quantitative estimate of drug-likeness (QED) is 0.890. The zero-order valence-corrected chi connectivity index (χ0v) is 13.5. The molecule has 2 aliphatic rings. The van der Waals surface area contributed by atoms with Crippen LogP contribution in [0.15, 0.2) is 18.5 Å². The third-order valence-corrected chi connectivity index (χ3v) is 5.62.